The second-order valence-electron chi connectivity index (χ2n) is 4.28. The number of nitrogens with zero attached hydrogens (tertiary/aromatic N) is 1. The molecule has 2 rings (SSSR count). The minimum Gasteiger partial charge on any atom is -0.426 e. The SMILES string of the molecule is Cc1ccc(CC(=O)Oc2cccc(C#N)c2)cc1. The summed E-state index contributed by atoms with van der Waals surface area (Å²) in [6.07, 6.45) is 0.219. The average Bonchev–Trinajstić information content (AvgIpc) is 2.41. The first-order valence-electron chi connectivity index (χ1n) is 5.94. The molecule has 0 amide bonds. The van der Waals surface area contributed by atoms with Crippen LogP contribution in [-0.2, 0) is 11.2 Å². The summed E-state index contributed by atoms with van der Waals surface area (Å²) in [5, 5.41) is 8.77. The monoisotopic (exact) mass is 251 g/mol. The zero-order valence-electron chi connectivity index (χ0n) is 10.6. The van der Waals surface area contributed by atoms with Gasteiger partial charge in [-0.15, -0.1) is 0 Å². The molecule has 94 valence electrons. The third-order valence-electron chi connectivity index (χ3n) is 2.66. The van der Waals surface area contributed by atoms with E-state index in [1.165, 1.54) is 0 Å². The van der Waals surface area contributed by atoms with Crippen molar-refractivity contribution < 1.29 is 9.53 Å². The minimum atomic E-state index is -0.334. The molecule has 0 N–H and O–H groups in total. The number of rotatable bonds is 3. The Balaban J connectivity index is 2.01. The van der Waals surface area contributed by atoms with E-state index in [0.717, 1.165) is 11.1 Å². The maximum absolute atomic E-state index is 11.8. The smallest absolute Gasteiger partial charge is 0.315 e. The fourth-order valence-corrected chi connectivity index (χ4v) is 1.67. The number of hydrogen-bond acceptors (Lipinski definition) is 3. The summed E-state index contributed by atoms with van der Waals surface area (Å²) in [6, 6.07) is 16.3. The number of hydrogen-bond donors (Lipinski definition) is 0. The summed E-state index contributed by atoms with van der Waals surface area (Å²) >= 11 is 0. The van der Waals surface area contributed by atoms with Crippen molar-refractivity contribution in [3.8, 4) is 11.8 Å². The third kappa shape index (κ3) is 3.68. The molecule has 3 heteroatoms. The van der Waals surface area contributed by atoms with E-state index >= 15 is 0 Å². The molecule has 0 atom stereocenters. The topological polar surface area (TPSA) is 50.1 Å². The maximum atomic E-state index is 11.8. The van der Waals surface area contributed by atoms with Crippen LogP contribution in [0, 0.1) is 18.3 Å². The number of aryl methyl sites for hydroxylation is 1. The molecule has 3 nitrogen and oxygen atoms in total. The quantitative estimate of drug-likeness (QED) is 0.622. The Bertz CT molecular complexity index is 624. The van der Waals surface area contributed by atoms with Gasteiger partial charge >= 0.3 is 5.97 Å². The second kappa shape index (κ2) is 5.83. The first-order valence-corrected chi connectivity index (χ1v) is 5.94. The molecule has 2 aromatic carbocycles. The van der Waals surface area contributed by atoms with Crippen LogP contribution in [0.1, 0.15) is 16.7 Å². The molecule has 0 spiro atoms. The van der Waals surface area contributed by atoms with Gasteiger partial charge in [0.15, 0.2) is 0 Å². The fraction of sp³-hybridized carbons (Fsp3) is 0.125. The molecule has 0 radical (unpaired) electrons. The van der Waals surface area contributed by atoms with Crippen LogP contribution in [0.4, 0.5) is 0 Å². The molecule has 0 fully saturated rings. The van der Waals surface area contributed by atoms with Gasteiger partial charge in [-0.2, -0.15) is 5.26 Å². The van der Waals surface area contributed by atoms with E-state index in [-0.39, 0.29) is 12.4 Å². The summed E-state index contributed by atoms with van der Waals surface area (Å²) < 4.78 is 5.20. The predicted molar refractivity (Wildman–Crippen MR) is 71.7 cm³/mol. The maximum Gasteiger partial charge on any atom is 0.315 e. The van der Waals surface area contributed by atoms with Gasteiger partial charge < -0.3 is 4.74 Å². The summed E-state index contributed by atoms with van der Waals surface area (Å²) in [5.74, 6) is 0.0649. The van der Waals surface area contributed by atoms with Crippen molar-refractivity contribution in [2.45, 2.75) is 13.3 Å². The predicted octanol–water partition coefficient (Wildman–Crippen LogP) is 3.01. The standard InChI is InChI=1S/C16H13NO2/c1-12-5-7-13(8-6-12)10-16(18)19-15-4-2-3-14(9-15)11-17/h2-9H,10H2,1H3. The fourth-order valence-electron chi connectivity index (χ4n) is 1.67. The van der Waals surface area contributed by atoms with E-state index in [4.69, 9.17) is 10.00 Å². The molecular weight excluding hydrogens is 238 g/mol. The molecule has 0 aromatic heterocycles. The Morgan fingerprint density at radius 2 is 1.95 bits per heavy atom. The minimum absolute atomic E-state index is 0.219. The van der Waals surface area contributed by atoms with Gasteiger partial charge in [0.25, 0.3) is 0 Å². The van der Waals surface area contributed by atoms with Crippen LogP contribution in [0.2, 0.25) is 0 Å². The number of carbonyl (C=O) groups is 1. The average molecular weight is 251 g/mol. The van der Waals surface area contributed by atoms with Crippen LogP contribution in [-0.4, -0.2) is 5.97 Å². The zero-order chi connectivity index (χ0) is 13.7. The molecule has 0 saturated carbocycles. The van der Waals surface area contributed by atoms with E-state index in [2.05, 4.69) is 0 Å². The summed E-state index contributed by atoms with van der Waals surface area (Å²) in [7, 11) is 0. The Labute approximate surface area is 112 Å². The lowest BCUT2D eigenvalue weighted by atomic mass is 10.1. The number of nitriles is 1. The Hall–Kier alpha value is -2.60. The van der Waals surface area contributed by atoms with Crippen LogP contribution < -0.4 is 4.74 Å². The van der Waals surface area contributed by atoms with Crippen molar-refractivity contribution in [1.29, 1.82) is 5.26 Å². The van der Waals surface area contributed by atoms with Gasteiger partial charge in [-0.1, -0.05) is 35.9 Å². The number of carbonyl (C=O) groups excluding carboxylic acids is 1. The Morgan fingerprint density at radius 1 is 1.21 bits per heavy atom. The van der Waals surface area contributed by atoms with Crippen LogP contribution in [0.25, 0.3) is 0 Å². The highest BCUT2D eigenvalue weighted by Crippen LogP contribution is 2.14. The number of benzene rings is 2. The normalized spacial score (nSPS) is 9.68. The van der Waals surface area contributed by atoms with Gasteiger partial charge in [0, 0.05) is 0 Å². The van der Waals surface area contributed by atoms with E-state index in [9.17, 15) is 4.79 Å². The van der Waals surface area contributed by atoms with Gasteiger partial charge in [0.1, 0.15) is 5.75 Å². The Morgan fingerprint density at radius 3 is 2.63 bits per heavy atom. The molecule has 0 unspecified atom stereocenters. The largest absolute Gasteiger partial charge is 0.426 e. The lowest BCUT2D eigenvalue weighted by Crippen LogP contribution is -2.11. The van der Waals surface area contributed by atoms with Crippen molar-refractivity contribution in [2.75, 3.05) is 0 Å². The molecule has 0 heterocycles. The molecule has 0 bridgehead atoms. The van der Waals surface area contributed by atoms with Gasteiger partial charge in [0.05, 0.1) is 18.1 Å². The highest BCUT2D eigenvalue weighted by molar-refractivity contribution is 5.75. The molecule has 0 saturated heterocycles. The van der Waals surface area contributed by atoms with Crippen LogP contribution in [0.5, 0.6) is 5.75 Å². The van der Waals surface area contributed by atoms with Crippen molar-refractivity contribution in [2.24, 2.45) is 0 Å². The molecule has 0 aliphatic heterocycles. The van der Waals surface area contributed by atoms with Gasteiger partial charge in [-0.3, -0.25) is 4.79 Å². The van der Waals surface area contributed by atoms with Gasteiger partial charge in [-0.05, 0) is 30.7 Å². The van der Waals surface area contributed by atoms with Crippen molar-refractivity contribution in [1.82, 2.24) is 0 Å². The summed E-state index contributed by atoms with van der Waals surface area (Å²) in [6.45, 7) is 2.00. The van der Waals surface area contributed by atoms with Gasteiger partial charge in [0.2, 0.25) is 0 Å². The van der Waals surface area contributed by atoms with Crippen LogP contribution in [0.3, 0.4) is 0 Å². The van der Waals surface area contributed by atoms with Crippen LogP contribution in [0.15, 0.2) is 48.5 Å². The van der Waals surface area contributed by atoms with Gasteiger partial charge in [-0.25, -0.2) is 0 Å². The summed E-state index contributed by atoms with van der Waals surface area (Å²) in [5.41, 5.74) is 2.53. The lowest BCUT2D eigenvalue weighted by Gasteiger charge is -2.05. The lowest BCUT2D eigenvalue weighted by molar-refractivity contribution is -0.133. The van der Waals surface area contributed by atoms with Crippen molar-refractivity contribution in [3.63, 3.8) is 0 Å². The molecular formula is C16H13NO2. The zero-order valence-corrected chi connectivity index (χ0v) is 10.6. The van der Waals surface area contributed by atoms with E-state index < -0.39 is 0 Å². The third-order valence-corrected chi connectivity index (χ3v) is 2.66. The first-order chi connectivity index (χ1) is 9.17. The molecule has 2 aromatic rings. The first kappa shape index (κ1) is 12.8. The van der Waals surface area contributed by atoms with E-state index in [0.29, 0.717) is 11.3 Å². The molecule has 0 aliphatic rings. The highest BCUT2D eigenvalue weighted by atomic mass is 16.5. The Kier molecular flexibility index (Phi) is 3.94. The van der Waals surface area contributed by atoms with Crippen molar-refractivity contribution >= 4 is 5.97 Å². The molecule has 19 heavy (non-hydrogen) atoms. The van der Waals surface area contributed by atoms with Crippen molar-refractivity contribution in [3.05, 3.63) is 65.2 Å². The van der Waals surface area contributed by atoms with E-state index in [1.54, 1.807) is 24.3 Å². The van der Waals surface area contributed by atoms with Crippen LogP contribution >= 0.6 is 0 Å². The summed E-state index contributed by atoms with van der Waals surface area (Å²) in [4.78, 5) is 11.8. The molecule has 0 aliphatic carbocycles. The highest BCUT2D eigenvalue weighted by Gasteiger charge is 2.06. The second-order valence-corrected chi connectivity index (χ2v) is 4.28. The van der Waals surface area contributed by atoms with E-state index in [1.807, 2.05) is 37.3 Å². The number of esters is 1. The number of ether oxygens (including phenoxy) is 1.